The Morgan fingerprint density at radius 1 is 0.700 bits per heavy atom. The Morgan fingerprint density at radius 3 is 1.10 bits per heavy atom. The molecule has 1 saturated heterocycles. The van der Waals surface area contributed by atoms with Crippen molar-refractivity contribution < 1.29 is 26.5 Å². The van der Waals surface area contributed by atoms with E-state index in [1.54, 1.807) is 0 Å². The Balaban J connectivity index is -0.0000000167. The fraction of sp³-hybridized carbons (Fsp3) is 1.00. The van der Waals surface area contributed by atoms with Crippen molar-refractivity contribution in [1.82, 2.24) is 0 Å². The minimum absolute atomic E-state index is 0. The molecule has 6 heteroatoms. The first-order chi connectivity index (χ1) is 2.50. The molecule has 0 aromatic carbocycles. The summed E-state index contributed by atoms with van der Waals surface area (Å²) in [5, 5.41) is 0. The van der Waals surface area contributed by atoms with E-state index in [0.717, 1.165) is 13.2 Å². The van der Waals surface area contributed by atoms with Gasteiger partial charge in [-0.3, -0.25) is 0 Å². The molecule has 0 bridgehead atoms. The van der Waals surface area contributed by atoms with Crippen molar-refractivity contribution in [1.29, 1.82) is 0 Å². The molecule has 1 fully saturated rings. The zero-order valence-corrected chi connectivity index (χ0v) is 10.2. The molecule has 0 radical (unpaired) electrons. The van der Waals surface area contributed by atoms with Crippen molar-refractivity contribution in [2.75, 3.05) is 13.2 Å². The zero-order valence-electron chi connectivity index (χ0n) is 5.37. The van der Waals surface area contributed by atoms with Crippen LogP contribution in [0.2, 0.25) is 0 Å². The van der Waals surface area contributed by atoms with Crippen molar-refractivity contribution >= 4 is 49.6 Å². The second-order valence-corrected chi connectivity index (χ2v) is 1.32. The second kappa shape index (κ2) is 22.4. The van der Waals surface area contributed by atoms with E-state index < -0.39 is 0 Å². The molecule has 66 valence electrons. The second-order valence-electron chi connectivity index (χ2n) is 1.32. The van der Waals surface area contributed by atoms with Crippen LogP contribution in [-0.2, 0) is 26.5 Å². The smallest absolute Gasteiger partial charge is 0.0466 e. The van der Waals surface area contributed by atoms with Crippen molar-refractivity contribution in [3.63, 3.8) is 0 Å². The number of hydrogen-bond acceptors (Lipinski definition) is 1. The van der Waals surface area contributed by atoms with Gasteiger partial charge in [-0.05, 0) is 12.8 Å². The maximum Gasteiger partial charge on any atom is 0.0466 e. The van der Waals surface area contributed by atoms with Gasteiger partial charge in [-0.15, -0.1) is 49.6 Å². The van der Waals surface area contributed by atoms with Crippen LogP contribution in [0.5, 0.6) is 0 Å². The van der Waals surface area contributed by atoms with Gasteiger partial charge in [0.1, 0.15) is 0 Å². The Hall–Kier alpha value is 1.83. The largest absolute Gasteiger partial charge is 0.381 e. The Bertz CT molecular complexity index is 28.8. The van der Waals surface area contributed by atoms with Crippen LogP contribution in [0.4, 0.5) is 0 Å². The number of hydrogen-bond donors (Lipinski definition) is 0. The van der Waals surface area contributed by atoms with Gasteiger partial charge >= 0.3 is 0 Å². The standard InChI is InChI=1S/C4H8O.4ClH.Ti/c1-2-4-5-3-1;;;;;/h1-4H2;4*1H;. The van der Waals surface area contributed by atoms with Crippen LogP contribution in [0.25, 0.3) is 0 Å². The molecule has 1 nitrogen and oxygen atoms in total. The predicted octanol–water partition coefficient (Wildman–Crippen LogP) is 2.48. The minimum Gasteiger partial charge on any atom is -0.381 e. The molecule has 0 aromatic rings. The molecular formula is C4H12Cl4OTi. The third-order valence-corrected chi connectivity index (χ3v) is 0.827. The van der Waals surface area contributed by atoms with Crippen LogP contribution >= 0.6 is 49.6 Å². The summed E-state index contributed by atoms with van der Waals surface area (Å²) in [5.41, 5.74) is 0. The van der Waals surface area contributed by atoms with Gasteiger partial charge < -0.3 is 4.74 Å². The number of rotatable bonds is 0. The van der Waals surface area contributed by atoms with Gasteiger partial charge in [0.25, 0.3) is 0 Å². The molecule has 0 N–H and O–H groups in total. The van der Waals surface area contributed by atoms with Crippen LogP contribution in [0.15, 0.2) is 0 Å². The molecule has 0 saturated carbocycles. The Kier molecular flexibility index (Phi) is 66.7. The van der Waals surface area contributed by atoms with Gasteiger partial charge in [0.05, 0.1) is 0 Å². The van der Waals surface area contributed by atoms with Crippen LogP contribution in [0, 0.1) is 0 Å². The van der Waals surface area contributed by atoms with Gasteiger partial charge in [0.2, 0.25) is 0 Å². The van der Waals surface area contributed by atoms with Gasteiger partial charge in [-0.2, -0.15) is 0 Å². The molecule has 1 aliphatic heterocycles. The van der Waals surface area contributed by atoms with E-state index in [2.05, 4.69) is 0 Å². The summed E-state index contributed by atoms with van der Waals surface area (Å²) in [6.45, 7) is 2.00. The minimum atomic E-state index is 0. The Labute approximate surface area is 102 Å². The van der Waals surface area contributed by atoms with E-state index in [0.29, 0.717) is 0 Å². The molecule has 0 spiro atoms. The summed E-state index contributed by atoms with van der Waals surface area (Å²) in [6, 6.07) is 0. The first kappa shape index (κ1) is 29.7. The van der Waals surface area contributed by atoms with Gasteiger partial charge in [-0.25, -0.2) is 0 Å². The monoisotopic (exact) mass is 264 g/mol. The van der Waals surface area contributed by atoms with Gasteiger partial charge in [-0.1, -0.05) is 0 Å². The summed E-state index contributed by atoms with van der Waals surface area (Å²) in [7, 11) is 0. The van der Waals surface area contributed by atoms with E-state index >= 15 is 0 Å². The summed E-state index contributed by atoms with van der Waals surface area (Å²) < 4.78 is 4.94. The van der Waals surface area contributed by atoms with Gasteiger partial charge in [0, 0.05) is 34.9 Å². The molecule has 0 aromatic heterocycles. The molecule has 0 unspecified atom stereocenters. The molecule has 1 aliphatic rings. The predicted molar refractivity (Wildman–Crippen MR) is 49.0 cm³/mol. The van der Waals surface area contributed by atoms with Crippen molar-refractivity contribution in [3.8, 4) is 0 Å². The average molecular weight is 266 g/mol. The fourth-order valence-electron chi connectivity index (χ4n) is 0.510. The molecule has 10 heavy (non-hydrogen) atoms. The molecule has 0 amide bonds. The Morgan fingerprint density at radius 2 is 1.00 bits per heavy atom. The quantitative estimate of drug-likeness (QED) is 0.612. The van der Waals surface area contributed by atoms with Gasteiger partial charge in [0.15, 0.2) is 0 Å². The summed E-state index contributed by atoms with van der Waals surface area (Å²) in [4.78, 5) is 0. The van der Waals surface area contributed by atoms with E-state index in [9.17, 15) is 0 Å². The van der Waals surface area contributed by atoms with Crippen LogP contribution in [-0.4, -0.2) is 13.2 Å². The number of ether oxygens (including phenoxy) is 1. The average Bonchev–Trinajstić information content (AvgIpc) is 1.76. The first-order valence-electron chi connectivity index (χ1n) is 2.08. The maximum atomic E-state index is 4.94. The van der Waals surface area contributed by atoms with E-state index in [-0.39, 0.29) is 71.3 Å². The number of halogens is 4. The molecule has 0 atom stereocenters. The van der Waals surface area contributed by atoms with Crippen molar-refractivity contribution in [3.05, 3.63) is 0 Å². The molecular weight excluding hydrogens is 254 g/mol. The SMILES string of the molecule is C1CCOC1.Cl.Cl.Cl.Cl.[Ti]. The van der Waals surface area contributed by atoms with Crippen LogP contribution in [0.1, 0.15) is 12.8 Å². The molecule has 1 heterocycles. The molecule has 1 rings (SSSR count). The van der Waals surface area contributed by atoms with E-state index in [1.807, 2.05) is 0 Å². The third-order valence-electron chi connectivity index (χ3n) is 0.827. The summed E-state index contributed by atoms with van der Waals surface area (Å²) in [6.07, 6.45) is 2.56. The molecule has 0 aliphatic carbocycles. The normalized spacial score (nSPS) is 12.0. The van der Waals surface area contributed by atoms with E-state index in [1.165, 1.54) is 12.8 Å². The first-order valence-corrected chi connectivity index (χ1v) is 2.08. The fourth-order valence-corrected chi connectivity index (χ4v) is 0.510. The van der Waals surface area contributed by atoms with Crippen LogP contribution < -0.4 is 0 Å². The summed E-state index contributed by atoms with van der Waals surface area (Å²) in [5.74, 6) is 0. The van der Waals surface area contributed by atoms with Crippen LogP contribution in [0.3, 0.4) is 0 Å². The van der Waals surface area contributed by atoms with Crippen molar-refractivity contribution in [2.45, 2.75) is 12.8 Å². The summed E-state index contributed by atoms with van der Waals surface area (Å²) >= 11 is 0. The topological polar surface area (TPSA) is 9.23 Å². The maximum absolute atomic E-state index is 4.94. The third kappa shape index (κ3) is 16.4. The van der Waals surface area contributed by atoms with E-state index in [4.69, 9.17) is 4.74 Å². The van der Waals surface area contributed by atoms with Crippen molar-refractivity contribution in [2.24, 2.45) is 0 Å². The zero-order chi connectivity index (χ0) is 3.54.